The molecule has 1 aromatic heterocycles. The maximum Gasteiger partial charge on any atom is 0.248 e. The molecule has 0 radical (unpaired) electrons. The van der Waals surface area contributed by atoms with Gasteiger partial charge in [-0.3, -0.25) is 4.79 Å². The first-order valence-corrected chi connectivity index (χ1v) is 9.65. The highest BCUT2D eigenvalue weighted by atomic mass is 32.2. The van der Waals surface area contributed by atoms with Gasteiger partial charge in [0.15, 0.2) is 5.76 Å². The number of ether oxygens (including phenoxy) is 1. The number of rotatable bonds is 3. The summed E-state index contributed by atoms with van der Waals surface area (Å²) in [6.07, 6.45) is 1.08. The summed E-state index contributed by atoms with van der Waals surface area (Å²) < 4.78 is 37.2. The molecule has 0 aliphatic carbocycles. The second-order valence-corrected chi connectivity index (χ2v) is 8.14. The van der Waals surface area contributed by atoms with E-state index < -0.39 is 10.0 Å². The highest BCUT2D eigenvalue weighted by Crippen LogP contribution is 2.28. The minimum Gasteiger partial charge on any atom is -0.378 e. The fraction of sp³-hybridized carbons (Fsp3) is 0.733. The van der Waals surface area contributed by atoms with Gasteiger partial charge in [0.05, 0.1) is 13.2 Å². The predicted octanol–water partition coefficient (Wildman–Crippen LogP) is 0.551. The van der Waals surface area contributed by atoms with Gasteiger partial charge in [-0.05, 0) is 26.7 Å². The molecule has 1 amide bonds. The van der Waals surface area contributed by atoms with Crippen LogP contribution in [0, 0.1) is 19.8 Å². The van der Waals surface area contributed by atoms with Crippen LogP contribution in [-0.4, -0.2) is 68.1 Å². The van der Waals surface area contributed by atoms with Gasteiger partial charge in [-0.15, -0.1) is 0 Å². The van der Waals surface area contributed by atoms with Crippen LogP contribution in [0.1, 0.15) is 24.3 Å². The topological polar surface area (TPSA) is 93.0 Å². The third-order valence-electron chi connectivity index (χ3n) is 4.69. The lowest BCUT2D eigenvalue weighted by Gasteiger charge is -2.35. The molecule has 0 atom stereocenters. The van der Waals surface area contributed by atoms with E-state index in [-0.39, 0.29) is 16.7 Å². The van der Waals surface area contributed by atoms with Crippen LogP contribution in [0.5, 0.6) is 0 Å². The largest absolute Gasteiger partial charge is 0.378 e. The van der Waals surface area contributed by atoms with E-state index in [0.29, 0.717) is 63.7 Å². The van der Waals surface area contributed by atoms with Gasteiger partial charge >= 0.3 is 0 Å². The molecule has 134 valence electrons. The lowest BCUT2D eigenvalue weighted by molar-refractivity contribution is -0.140. The molecule has 1 aromatic rings. The number of aryl methyl sites for hydroxylation is 2. The Morgan fingerprint density at radius 3 is 2.29 bits per heavy atom. The Morgan fingerprint density at radius 1 is 1.12 bits per heavy atom. The Morgan fingerprint density at radius 2 is 1.75 bits per heavy atom. The van der Waals surface area contributed by atoms with Crippen molar-refractivity contribution in [2.45, 2.75) is 31.6 Å². The summed E-state index contributed by atoms with van der Waals surface area (Å²) in [5.41, 5.74) is 0.374. The number of aromatic nitrogens is 1. The molecule has 2 saturated heterocycles. The second-order valence-electron chi connectivity index (χ2n) is 6.27. The van der Waals surface area contributed by atoms with Gasteiger partial charge in [0.1, 0.15) is 10.6 Å². The van der Waals surface area contributed by atoms with E-state index in [1.165, 1.54) is 4.31 Å². The molecule has 3 heterocycles. The first-order valence-electron chi connectivity index (χ1n) is 8.21. The van der Waals surface area contributed by atoms with Crippen molar-refractivity contribution in [3.8, 4) is 0 Å². The number of hydrogen-bond donors (Lipinski definition) is 0. The van der Waals surface area contributed by atoms with Crippen LogP contribution >= 0.6 is 0 Å². The number of amides is 1. The molecule has 0 unspecified atom stereocenters. The number of carbonyl (C=O) groups is 1. The highest BCUT2D eigenvalue weighted by molar-refractivity contribution is 7.89. The zero-order valence-corrected chi connectivity index (χ0v) is 14.8. The molecule has 0 bridgehead atoms. The summed E-state index contributed by atoms with van der Waals surface area (Å²) in [7, 11) is -3.62. The van der Waals surface area contributed by atoms with Gasteiger partial charge in [0.2, 0.25) is 15.9 Å². The Bertz CT molecular complexity index is 681. The maximum atomic E-state index is 12.8. The van der Waals surface area contributed by atoms with Gasteiger partial charge in [-0.25, -0.2) is 8.42 Å². The summed E-state index contributed by atoms with van der Waals surface area (Å²) in [4.78, 5) is 14.5. The van der Waals surface area contributed by atoms with Crippen LogP contribution in [0.3, 0.4) is 0 Å². The molecule has 2 aliphatic rings. The molecule has 2 aliphatic heterocycles. The monoisotopic (exact) mass is 357 g/mol. The molecule has 0 saturated carbocycles. The summed E-state index contributed by atoms with van der Waals surface area (Å²) in [6.45, 7) is 6.29. The Balaban J connectivity index is 1.65. The van der Waals surface area contributed by atoms with E-state index in [4.69, 9.17) is 9.26 Å². The van der Waals surface area contributed by atoms with Crippen molar-refractivity contribution in [3.63, 3.8) is 0 Å². The fourth-order valence-electron chi connectivity index (χ4n) is 3.36. The molecule has 2 fully saturated rings. The van der Waals surface area contributed by atoms with Gasteiger partial charge in [0.25, 0.3) is 0 Å². The van der Waals surface area contributed by atoms with E-state index >= 15 is 0 Å². The van der Waals surface area contributed by atoms with E-state index in [2.05, 4.69) is 5.16 Å². The van der Waals surface area contributed by atoms with E-state index in [0.717, 1.165) is 0 Å². The van der Waals surface area contributed by atoms with Crippen molar-refractivity contribution in [2.24, 2.45) is 5.92 Å². The number of sulfonamides is 1. The van der Waals surface area contributed by atoms with Crippen LogP contribution in [0.4, 0.5) is 0 Å². The molecule has 24 heavy (non-hydrogen) atoms. The first-order chi connectivity index (χ1) is 11.4. The second kappa shape index (κ2) is 6.81. The molecule has 9 heteroatoms. The van der Waals surface area contributed by atoms with Gasteiger partial charge < -0.3 is 14.2 Å². The van der Waals surface area contributed by atoms with Crippen LogP contribution in [-0.2, 0) is 19.6 Å². The zero-order valence-electron chi connectivity index (χ0n) is 14.0. The van der Waals surface area contributed by atoms with Crippen molar-refractivity contribution in [1.82, 2.24) is 14.4 Å². The normalized spacial score (nSPS) is 21.2. The minimum atomic E-state index is -3.62. The van der Waals surface area contributed by atoms with Crippen molar-refractivity contribution in [3.05, 3.63) is 11.5 Å². The van der Waals surface area contributed by atoms with Gasteiger partial charge in [0, 0.05) is 32.1 Å². The number of nitrogens with zero attached hydrogens (tertiary/aromatic N) is 3. The molecule has 0 N–H and O–H groups in total. The quantitative estimate of drug-likeness (QED) is 0.784. The lowest BCUT2D eigenvalue weighted by Crippen LogP contribution is -2.47. The average Bonchev–Trinajstić information content (AvgIpc) is 2.94. The van der Waals surface area contributed by atoms with Crippen LogP contribution in [0.25, 0.3) is 0 Å². The van der Waals surface area contributed by atoms with Gasteiger partial charge in [-0.2, -0.15) is 4.31 Å². The molecule has 0 spiro atoms. The van der Waals surface area contributed by atoms with Crippen LogP contribution in [0.15, 0.2) is 9.42 Å². The maximum absolute atomic E-state index is 12.8. The molecule has 8 nitrogen and oxygen atoms in total. The predicted molar refractivity (Wildman–Crippen MR) is 84.9 cm³/mol. The highest BCUT2D eigenvalue weighted by Gasteiger charge is 2.36. The SMILES string of the molecule is Cc1noc(C)c1S(=O)(=O)N1CCC(C(=O)N2CCOCC2)CC1. The number of morpholine rings is 1. The molecular weight excluding hydrogens is 334 g/mol. The number of piperidine rings is 1. The number of carbonyl (C=O) groups excluding carboxylic acids is 1. The van der Waals surface area contributed by atoms with Gasteiger partial charge in [-0.1, -0.05) is 5.16 Å². The number of hydrogen-bond acceptors (Lipinski definition) is 6. The molecule has 3 rings (SSSR count). The summed E-state index contributed by atoms with van der Waals surface area (Å²) >= 11 is 0. The minimum absolute atomic E-state index is 0.112. The molecular formula is C15H23N3O5S. The average molecular weight is 357 g/mol. The first kappa shape index (κ1) is 17.4. The van der Waals surface area contributed by atoms with Crippen molar-refractivity contribution < 1.29 is 22.5 Å². The standard InChI is InChI=1S/C15H23N3O5S/c1-11-14(12(2)23-16-11)24(20,21)18-5-3-13(4-6-18)15(19)17-7-9-22-10-8-17/h13H,3-10H2,1-2H3. The zero-order chi connectivity index (χ0) is 17.3. The summed E-state index contributed by atoms with van der Waals surface area (Å²) in [5.74, 6) is 0.311. The Hall–Kier alpha value is -1.45. The van der Waals surface area contributed by atoms with Crippen LogP contribution in [0.2, 0.25) is 0 Å². The van der Waals surface area contributed by atoms with Crippen molar-refractivity contribution in [2.75, 3.05) is 39.4 Å². The van der Waals surface area contributed by atoms with Crippen molar-refractivity contribution in [1.29, 1.82) is 0 Å². The van der Waals surface area contributed by atoms with E-state index in [1.807, 2.05) is 4.90 Å². The third kappa shape index (κ3) is 3.20. The van der Waals surface area contributed by atoms with Crippen LogP contribution < -0.4 is 0 Å². The summed E-state index contributed by atoms with van der Waals surface area (Å²) in [6, 6.07) is 0. The molecule has 0 aromatic carbocycles. The smallest absolute Gasteiger partial charge is 0.248 e. The third-order valence-corrected chi connectivity index (χ3v) is 6.84. The van der Waals surface area contributed by atoms with E-state index in [9.17, 15) is 13.2 Å². The Labute approximate surface area is 141 Å². The summed E-state index contributed by atoms with van der Waals surface area (Å²) in [5, 5.41) is 3.73. The van der Waals surface area contributed by atoms with Crippen molar-refractivity contribution >= 4 is 15.9 Å². The lowest BCUT2D eigenvalue weighted by atomic mass is 9.96. The fourth-order valence-corrected chi connectivity index (χ4v) is 5.12. The van der Waals surface area contributed by atoms with E-state index in [1.54, 1.807) is 13.8 Å². The Kier molecular flexibility index (Phi) is 4.93.